The fraction of sp³-hybridized carbons (Fsp3) is 0.0588. The van der Waals surface area contributed by atoms with Crippen molar-refractivity contribution in [2.75, 3.05) is 0 Å². The Morgan fingerprint density at radius 3 is 1.85 bits per heavy atom. The Balaban J connectivity index is 1.10. The second kappa shape index (κ2) is 11.6. The fourth-order valence-electron chi connectivity index (χ4n) is 8.81. The number of benzene rings is 8. The van der Waals surface area contributed by atoms with Gasteiger partial charge in [-0.05, 0) is 91.3 Å². The number of hydrogen-bond donors (Lipinski definition) is 0. The highest BCUT2D eigenvalue weighted by Crippen LogP contribution is 2.51. The van der Waals surface area contributed by atoms with Crippen molar-refractivity contribution in [1.29, 1.82) is 0 Å². The molecule has 0 bridgehead atoms. The molecule has 254 valence electrons. The monoisotopic (exact) mass is 690 g/mol. The van der Waals surface area contributed by atoms with Crippen LogP contribution in [0.15, 0.2) is 174 Å². The molecule has 1 aliphatic carbocycles. The van der Waals surface area contributed by atoms with Crippen LogP contribution in [0, 0.1) is 0 Å². The molecular weight excluding hydrogens is 657 g/mol. The van der Waals surface area contributed by atoms with E-state index in [0.29, 0.717) is 5.82 Å². The SMILES string of the molecule is CC1(C)c2ccc(-c3ccc(-c4cc(-c5cccc6oc7ccccc7c56)nc(-c5ccccc5)n4)c4ccccc34)cc2-c2cc3ccccc3cc21. The first-order valence-electron chi connectivity index (χ1n) is 18.6. The molecule has 2 heterocycles. The minimum absolute atomic E-state index is 0.0760. The zero-order valence-electron chi connectivity index (χ0n) is 30.0. The summed E-state index contributed by atoms with van der Waals surface area (Å²) >= 11 is 0. The topological polar surface area (TPSA) is 38.9 Å². The van der Waals surface area contributed by atoms with E-state index in [4.69, 9.17) is 14.4 Å². The van der Waals surface area contributed by atoms with Crippen LogP contribution in [0.3, 0.4) is 0 Å². The number of rotatable bonds is 4. The molecule has 10 aromatic rings. The minimum atomic E-state index is -0.0760. The normalized spacial score (nSPS) is 13.1. The van der Waals surface area contributed by atoms with E-state index in [1.807, 2.05) is 42.5 Å². The molecule has 3 heteroatoms. The summed E-state index contributed by atoms with van der Waals surface area (Å²) in [4.78, 5) is 10.5. The van der Waals surface area contributed by atoms with Crippen LogP contribution in [-0.4, -0.2) is 9.97 Å². The molecule has 0 spiro atoms. The number of furan rings is 1. The summed E-state index contributed by atoms with van der Waals surface area (Å²) in [6, 6.07) is 60.6. The van der Waals surface area contributed by atoms with Crippen molar-refractivity contribution < 1.29 is 4.42 Å². The van der Waals surface area contributed by atoms with E-state index >= 15 is 0 Å². The van der Waals surface area contributed by atoms with Crippen LogP contribution in [0.1, 0.15) is 25.0 Å². The van der Waals surface area contributed by atoms with Crippen molar-refractivity contribution >= 4 is 43.5 Å². The van der Waals surface area contributed by atoms with Gasteiger partial charge in [0.25, 0.3) is 0 Å². The van der Waals surface area contributed by atoms with Crippen molar-refractivity contribution in [3.63, 3.8) is 0 Å². The third-order valence-corrected chi connectivity index (χ3v) is 11.5. The van der Waals surface area contributed by atoms with Crippen LogP contribution in [-0.2, 0) is 5.41 Å². The molecule has 0 saturated carbocycles. The molecule has 0 amide bonds. The summed E-state index contributed by atoms with van der Waals surface area (Å²) in [5.74, 6) is 0.688. The third-order valence-electron chi connectivity index (χ3n) is 11.5. The molecule has 54 heavy (non-hydrogen) atoms. The first kappa shape index (κ1) is 30.8. The van der Waals surface area contributed by atoms with E-state index in [1.165, 1.54) is 49.5 Å². The second-order valence-electron chi connectivity index (χ2n) is 14.9. The lowest BCUT2D eigenvalue weighted by molar-refractivity contribution is 0.661. The number of aromatic nitrogens is 2. The van der Waals surface area contributed by atoms with E-state index in [2.05, 4.69) is 141 Å². The van der Waals surface area contributed by atoms with Crippen molar-refractivity contribution in [3.8, 4) is 56.2 Å². The Kier molecular flexibility index (Phi) is 6.60. The van der Waals surface area contributed by atoms with E-state index in [1.54, 1.807) is 0 Å². The van der Waals surface area contributed by atoms with E-state index < -0.39 is 0 Å². The summed E-state index contributed by atoms with van der Waals surface area (Å²) in [6.07, 6.45) is 0. The zero-order chi connectivity index (χ0) is 36.0. The third kappa shape index (κ3) is 4.61. The second-order valence-corrected chi connectivity index (χ2v) is 14.9. The number of nitrogens with zero attached hydrogens (tertiary/aromatic N) is 2. The minimum Gasteiger partial charge on any atom is -0.456 e. The lowest BCUT2D eigenvalue weighted by atomic mass is 9.81. The molecular formula is C51H34N2O. The molecule has 1 aliphatic rings. The van der Waals surface area contributed by atoms with E-state index in [9.17, 15) is 0 Å². The van der Waals surface area contributed by atoms with Gasteiger partial charge in [-0.15, -0.1) is 0 Å². The average molecular weight is 691 g/mol. The maximum atomic E-state index is 6.29. The lowest BCUT2D eigenvalue weighted by Gasteiger charge is -2.22. The number of fused-ring (bicyclic) bond motifs is 8. The number of hydrogen-bond acceptors (Lipinski definition) is 3. The molecule has 0 aliphatic heterocycles. The van der Waals surface area contributed by atoms with Crippen LogP contribution < -0.4 is 0 Å². The van der Waals surface area contributed by atoms with Crippen molar-refractivity contribution in [1.82, 2.24) is 9.97 Å². The van der Waals surface area contributed by atoms with Gasteiger partial charge in [0.05, 0.1) is 11.4 Å². The highest BCUT2D eigenvalue weighted by Gasteiger charge is 2.36. The Morgan fingerprint density at radius 1 is 0.407 bits per heavy atom. The maximum Gasteiger partial charge on any atom is 0.160 e. The first-order valence-corrected chi connectivity index (χ1v) is 18.6. The van der Waals surface area contributed by atoms with Crippen molar-refractivity contribution in [3.05, 3.63) is 181 Å². The van der Waals surface area contributed by atoms with Crippen LogP contribution in [0.2, 0.25) is 0 Å². The highest BCUT2D eigenvalue weighted by molar-refractivity contribution is 6.12. The van der Waals surface area contributed by atoms with Gasteiger partial charge >= 0.3 is 0 Å². The molecule has 2 aromatic heterocycles. The van der Waals surface area contributed by atoms with Crippen molar-refractivity contribution in [2.45, 2.75) is 19.3 Å². The Bertz CT molecular complexity index is 3130. The molecule has 0 N–H and O–H groups in total. The fourth-order valence-corrected chi connectivity index (χ4v) is 8.81. The molecule has 0 fully saturated rings. The summed E-state index contributed by atoms with van der Waals surface area (Å²) < 4.78 is 6.29. The van der Waals surface area contributed by atoms with Gasteiger partial charge in [0.15, 0.2) is 5.82 Å². The molecule has 8 aromatic carbocycles. The van der Waals surface area contributed by atoms with Crippen molar-refractivity contribution in [2.24, 2.45) is 0 Å². The molecule has 0 radical (unpaired) electrons. The Labute approximate surface area is 313 Å². The molecule has 0 saturated heterocycles. The summed E-state index contributed by atoms with van der Waals surface area (Å²) in [5, 5.41) is 7.04. The van der Waals surface area contributed by atoms with Gasteiger partial charge in [0, 0.05) is 32.9 Å². The van der Waals surface area contributed by atoms with Gasteiger partial charge in [-0.2, -0.15) is 0 Å². The smallest absolute Gasteiger partial charge is 0.160 e. The molecule has 0 atom stereocenters. The summed E-state index contributed by atoms with van der Waals surface area (Å²) in [7, 11) is 0. The predicted octanol–water partition coefficient (Wildman–Crippen LogP) is 13.7. The molecule has 11 rings (SSSR count). The van der Waals surface area contributed by atoms with Gasteiger partial charge in [0.1, 0.15) is 11.2 Å². The molecule has 3 nitrogen and oxygen atoms in total. The standard InChI is InChI=1S/C51H34N2O/c1-51(2)43-26-23-34(28-41(43)42-27-32-15-6-7-16-33(32)29-44(42)51)35-24-25-38(37-18-9-8-17-36(35)37)45-30-46(53-50(52-45)31-13-4-3-5-14-31)39-20-12-22-48-49(39)40-19-10-11-21-47(40)54-48/h3-30H,1-2H3. The van der Waals surface area contributed by atoms with Crippen LogP contribution >= 0.6 is 0 Å². The predicted molar refractivity (Wildman–Crippen MR) is 224 cm³/mol. The molecule has 0 unspecified atom stereocenters. The lowest BCUT2D eigenvalue weighted by Crippen LogP contribution is -2.14. The zero-order valence-corrected chi connectivity index (χ0v) is 30.0. The van der Waals surface area contributed by atoms with Crippen LogP contribution in [0.4, 0.5) is 0 Å². The Morgan fingerprint density at radius 2 is 1.04 bits per heavy atom. The summed E-state index contributed by atoms with van der Waals surface area (Å²) in [6.45, 7) is 4.71. The van der Waals surface area contributed by atoms with Gasteiger partial charge < -0.3 is 4.42 Å². The largest absolute Gasteiger partial charge is 0.456 e. The van der Waals surface area contributed by atoms with Gasteiger partial charge in [-0.1, -0.05) is 147 Å². The van der Waals surface area contributed by atoms with Crippen LogP contribution in [0.25, 0.3) is 99.6 Å². The Hall–Kier alpha value is -6.84. The van der Waals surface area contributed by atoms with E-state index in [-0.39, 0.29) is 5.41 Å². The maximum absolute atomic E-state index is 6.29. The van der Waals surface area contributed by atoms with Gasteiger partial charge in [-0.25, -0.2) is 9.97 Å². The van der Waals surface area contributed by atoms with Gasteiger partial charge in [-0.3, -0.25) is 0 Å². The summed E-state index contributed by atoms with van der Waals surface area (Å²) in [5.41, 5.74) is 14.3. The van der Waals surface area contributed by atoms with Gasteiger partial charge in [0.2, 0.25) is 0 Å². The van der Waals surface area contributed by atoms with Crippen LogP contribution in [0.5, 0.6) is 0 Å². The number of para-hydroxylation sites is 1. The quantitative estimate of drug-likeness (QED) is 0.184. The highest BCUT2D eigenvalue weighted by atomic mass is 16.3. The average Bonchev–Trinajstić information content (AvgIpc) is 3.71. The van der Waals surface area contributed by atoms with E-state index in [0.717, 1.165) is 55.4 Å². The first-order chi connectivity index (χ1) is 26.5.